The Balaban J connectivity index is 1.18. The topological polar surface area (TPSA) is 63.0 Å². The quantitative estimate of drug-likeness (QED) is 0.214. The number of hydrogen-bond acceptors (Lipinski definition) is 5. The van der Waals surface area contributed by atoms with Crippen molar-refractivity contribution in [2.24, 2.45) is 9.98 Å². The van der Waals surface area contributed by atoms with Crippen molar-refractivity contribution < 1.29 is 8.83 Å². The second-order valence-corrected chi connectivity index (χ2v) is 12.2. The molecule has 0 bridgehead atoms. The summed E-state index contributed by atoms with van der Waals surface area (Å²) in [6.07, 6.45) is -0.502. The van der Waals surface area contributed by atoms with E-state index in [-0.39, 0.29) is 0 Å². The fourth-order valence-corrected chi connectivity index (χ4v) is 7.01. The van der Waals surface area contributed by atoms with E-state index in [1.807, 2.05) is 48.5 Å². The van der Waals surface area contributed by atoms with Crippen LogP contribution in [-0.2, 0) is 0 Å². The van der Waals surface area contributed by atoms with Gasteiger partial charge in [0.2, 0.25) is 0 Å². The predicted molar refractivity (Wildman–Crippen MR) is 196 cm³/mol. The number of para-hydroxylation sites is 2. The summed E-state index contributed by atoms with van der Waals surface area (Å²) < 4.78 is 12.9. The zero-order valence-corrected chi connectivity index (χ0v) is 25.7. The Bertz CT molecular complexity index is 2770. The lowest BCUT2D eigenvalue weighted by atomic mass is 9.96. The van der Waals surface area contributed by atoms with Gasteiger partial charge < -0.3 is 14.2 Å². The summed E-state index contributed by atoms with van der Waals surface area (Å²) >= 11 is 0. The first-order valence-electron chi connectivity index (χ1n) is 16.1. The van der Waals surface area contributed by atoms with Crippen LogP contribution < -0.4 is 5.32 Å². The van der Waals surface area contributed by atoms with E-state index >= 15 is 0 Å². The Hall–Kier alpha value is -6.46. The molecule has 0 radical (unpaired) electrons. The van der Waals surface area contributed by atoms with Crippen molar-refractivity contribution in [3.05, 3.63) is 168 Å². The van der Waals surface area contributed by atoms with Crippen molar-refractivity contribution in [2.75, 3.05) is 0 Å². The van der Waals surface area contributed by atoms with E-state index in [9.17, 15) is 0 Å². The summed E-state index contributed by atoms with van der Waals surface area (Å²) in [5.41, 5.74) is 8.37. The van der Waals surface area contributed by atoms with Gasteiger partial charge in [0.25, 0.3) is 0 Å². The Morgan fingerprint density at radius 1 is 0.458 bits per heavy atom. The van der Waals surface area contributed by atoms with Crippen LogP contribution in [0.4, 0.5) is 0 Å². The van der Waals surface area contributed by atoms with Gasteiger partial charge in [-0.05, 0) is 46.7 Å². The number of aliphatic imine (C=N–C) groups is 2. The number of hydrogen-bond donors (Lipinski definition) is 1. The second kappa shape index (κ2) is 10.5. The maximum Gasteiger partial charge on any atom is 0.170 e. The molecule has 2 aromatic heterocycles. The molecule has 9 aromatic rings. The number of fused-ring (bicyclic) bond motifs is 7. The summed E-state index contributed by atoms with van der Waals surface area (Å²) in [6, 6.07) is 52.1. The second-order valence-electron chi connectivity index (χ2n) is 12.2. The fourth-order valence-electron chi connectivity index (χ4n) is 7.01. The van der Waals surface area contributed by atoms with Gasteiger partial charge in [0.1, 0.15) is 34.0 Å². The van der Waals surface area contributed by atoms with Gasteiger partial charge in [0.15, 0.2) is 6.17 Å². The highest BCUT2D eigenvalue weighted by Gasteiger charge is 2.26. The number of rotatable bonds is 4. The normalized spacial score (nSPS) is 14.9. The number of nitrogens with zero attached hydrogens (tertiary/aromatic N) is 2. The molecule has 226 valence electrons. The first-order valence-corrected chi connectivity index (χ1v) is 16.1. The minimum atomic E-state index is -0.502. The van der Waals surface area contributed by atoms with Gasteiger partial charge in [-0.2, -0.15) is 0 Å². The maximum atomic E-state index is 6.67. The van der Waals surface area contributed by atoms with Crippen LogP contribution in [0.3, 0.4) is 0 Å². The Morgan fingerprint density at radius 3 is 1.98 bits per heavy atom. The van der Waals surface area contributed by atoms with Crippen LogP contribution in [0.5, 0.6) is 0 Å². The number of amidine groups is 2. The van der Waals surface area contributed by atoms with Crippen LogP contribution >= 0.6 is 0 Å². The molecule has 5 nitrogen and oxygen atoms in total. The van der Waals surface area contributed by atoms with E-state index < -0.39 is 6.17 Å². The van der Waals surface area contributed by atoms with Crippen molar-refractivity contribution in [1.29, 1.82) is 0 Å². The first kappa shape index (κ1) is 26.7. The van der Waals surface area contributed by atoms with Crippen LogP contribution in [-0.4, -0.2) is 11.7 Å². The highest BCUT2D eigenvalue weighted by atomic mass is 16.3. The molecular formula is C43H27N3O2. The zero-order valence-electron chi connectivity index (χ0n) is 25.7. The zero-order chi connectivity index (χ0) is 31.6. The average Bonchev–Trinajstić information content (AvgIpc) is 3.73. The summed E-state index contributed by atoms with van der Waals surface area (Å²) in [7, 11) is 0. The Morgan fingerprint density at radius 2 is 1.12 bits per heavy atom. The van der Waals surface area contributed by atoms with Crippen LogP contribution in [0.2, 0.25) is 0 Å². The van der Waals surface area contributed by atoms with Crippen molar-refractivity contribution in [1.82, 2.24) is 5.32 Å². The first-order chi connectivity index (χ1) is 23.8. The van der Waals surface area contributed by atoms with Crippen LogP contribution in [0.15, 0.2) is 170 Å². The number of nitrogens with one attached hydrogen (secondary N) is 1. The van der Waals surface area contributed by atoms with E-state index in [4.69, 9.17) is 18.8 Å². The van der Waals surface area contributed by atoms with Gasteiger partial charge in [-0.3, -0.25) is 0 Å². The van der Waals surface area contributed by atoms with Gasteiger partial charge in [0.05, 0.1) is 0 Å². The van der Waals surface area contributed by atoms with E-state index in [1.54, 1.807) is 0 Å². The van der Waals surface area contributed by atoms with Gasteiger partial charge in [-0.15, -0.1) is 0 Å². The van der Waals surface area contributed by atoms with Crippen LogP contribution in [0, 0.1) is 0 Å². The van der Waals surface area contributed by atoms with Gasteiger partial charge >= 0.3 is 0 Å². The van der Waals surface area contributed by atoms with Crippen molar-refractivity contribution in [3.8, 4) is 11.1 Å². The summed E-state index contributed by atoms with van der Waals surface area (Å²) in [5.74, 6) is 1.55. The molecule has 10 rings (SSSR count). The Labute approximate surface area is 275 Å². The maximum absolute atomic E-state index is 6.67. The fraction of sp³-hybridized carbons (Fsp3) is 0.0233. The lowest BCUT2D eigenvalue weighted by Gasteiger charge is -2.23. The molecule has 5 heteroatoms. The van der Waals surface area contributed by atoms with Crippen molar-refractivity contribution in [3.63, 3.8) is 0 Å². The molecule has 1 aliphatic heterocycles. The molecule has 0 fully saturated rings. The highest BCUT2D eigenvalue weighted by molar-refractivity contribution is 6.17. The van der Waals surface area contributed by atoms with Crippen molar-refractivity contribution >= 4 is 66.3 Å². The summed E-state index contributed by atoms with van der Waals surface area (Å²) in [6.45, 7) is 0. The van der Waals surface area contributed by atoms with Crippen LogP contribution in [0.25, 0.3) is 65.8 Å². The van der Waals surface area contributed by atoms with Gasteiger partial charge in [0, 0.05) is 43.8 Å². The van der Waals surface area contributed by atoms with Gasteiger partial charge in [-0.1, -0.05) is 121 Å². The minimum absolute atomic E-state index is 0.502. The average molecular weight is 618 g/mol. The molecule has 7 aromatic carbocycles. The molecule has 0 saturated carbocycles. The molecule has 1 unspecified atom stereocenters. The lowest BCUT2D eigenvalue weighted by Crippen LogP contribution is -2.36. The molecule has 0 saturated heterocycles. The summed E-state index contributed by atoms with van der Waals surface area (Å²) in [4.78, 5) is 10.5. The SMILES string of the molecule is c1ccc(C2=NC(c3ccc(-c4ccc5c(c4)oc4ccccc45)c4oc5ccccc5c34)N=C(c3ccc4ccccc4c3)N2)cc1. The lowest BCUT2D eigenvalue weighted by molar-refractivity contribution is 0.667. The van der Waals surface area contributed by atoms with E-state index in [0.717, 1.165) is 88.8 Å². The predicted octanol–water partition coefficient (Wildman–Crippen LogP) is 10.8. The molecule has 0 aliphatic carbocycles. The molecule has 3 heterocycles. The minimum Gasteiger partial charge on any atom is -0.456 e. The number of furan rings is 2. The summed E-state index contributed by atoms with van der Waals surface area (Å²) in [5, 5.41) is 10.2. The molecular weight excluding hydrogens is 590 g/mol. The monoisotopic (exact) mass is 617 g/mol. The van der Waals surface area contributed by atoms with Crippen LogP contribution in [0.1, 0.15) is 22.9 Å². The third-order valence-corrected chi connectivity index (χ3v) is 9.34. The highest BCUT2D eigenvalue weighted by Crippen LogP contribution is 2.42. The Kier molecular flexibility index (Phi) is 5.87. The standard InChI is InChI=1S/C43H27N3O2/c1-2-11-27(12-3-1)41-44-42(30-19-18-26-10-4-5-13-28(26)24-30)46-43(45-41)35-23-22-31(40-39(35)34-15-7-9-17-37(34)48-40)29-20-21-33-32-14-6-8-16-36(32)47-38(33)25-29/h1-25,43H,(H,44,45,46). The molecule has 1 aliphatic rings. The van der Waals surface area contributed by atoms with Crippen molar-refractivity contribution in [2.45, 2.75) is 6.17 Å². The molecule has 1 N–H and O–H groups in total. The van der Waals surface area contributed by atoms with E-state index in [2.05, 4.69) is 108 Å². The number of benzene rings is 7. The molecule has 0 spiro atoms. The largest absolute Gasteiger partial charge is 0.456 e. The molecule has 0 amide bonds. The molecule has 48 heavy (non-hydrogen) atoms. The molecule has 1 atom stereocenters. The van der Waals surface area contributed by atoms with E-state index in [1.165, 1.54) is 5.39 Å². The third kappa shape index (κ3) is 4.25. The van der Waals surface area contributed by atoms with E-state index in [0.29, 0.717) is 0 Å². The third-order valence-electron chi connectivity index (χ3n) is 9.34. The van der Waals surface area contributed by atoms with Gasteiger partial charge in [-0.25, -0.2) is 9.98 Å². The smallest absolute Gasteiger partial charge is 0.170 e.